The van der Waals surface area contributed by atoms with Gasteiger partial charge in [-0.25, -0.2) is 13.1 Å². The van der Waals surface area contributed by atoms with Crippen LogP contribution in [0.5, 0.6) is 5.75 Å². The summed E-state index contributed by atoms with van der Waals surface area (Å²) in [5.74, 6) is 0.390. The lowest BCUT2D eigenvalue weighted by Crippen LogP contribution is -2.28. The summed E-state index contributed by atoms with van der Waals surface area (Å²) in [5, 5.41) is 14.6. The van der Waals surface area contributed by atoms with Crippen LogP contribution in [0.4, 0.5) is 0 Å². The van der Waals surface area contributed by atoms with Gasteiger partial charge in [-0.05, 0) is 51.7 Å². The van der Waals surface area contributed by atoms with Crippen LogP contribution in [0.25, 0.3) is 11.1 Å². The number of hydrogen-bond acceptors (Lipinski definition) is 5. The Hall–Kier alpha value is -1.90. The van der Waals surface area contributed by atoms with E-state index in [4.69, 9.17) is 16.3 Å². The summed E-state index contributed by atoms with van der Waals surface area (Å²) in [5.41, 5.74) is 2.78. The fraction of sp³-hybridized carbons (Fsp3) is 0.158. The number of ether oxygens (including phenoxy) is 1. The van der Waals surface area contributed by atoms with Gasteiger partial charge >= 0.3 is 0 Å². The van der Waals surface area contributed by atoms with Crippen molar-refractivity contribution in [1.29, 1.82) is 0 Å². The van der Waals surface area contributed by atoms with Crippen LogP contribution in [0, 0.1) is 0 Å². The molecule has 2 N–H and O–H groups in total. The first-order valence-corrected chi connectivity index (χ1v) is 10.8. The third-order valence-corrected chi connectivity index (χ3v) is 6.45. The van der Waals surface area contributed by atoms with Gasteiger partial charge < -0.3 is 9.84 Å². The van der Waals surface area contributed by atoms with Crippen molar-refractivity contribution in [2.45, 2.75) is 11.0 Å². The van der Waals surface area contributed by atoms with Crippen LogP contribution in [-0.4, -0.2) is 27.2 Å². The summed E-state index contributed by atoms with van der Waals surface area (Å²) >= 11 is 7.60. The highest BCUT2D eigenvalue weighted by Crippen LogP contribution is 2.27. The van der Waals surface area contributed by atoms with Crippen LogP contribution in [0.2, 0.25) is 5.02 Å². The van der Waals surface area contributed by atoms with Gasteiger partial charge in [0.15, 0.2) is 0 Å². The van der Waals surface area contributed by atoms with Crippen molar-refractivity contribution >= 4 is 33.0 Å². The van der Waals surface area contributed by atoms with E-state index in [2.05, 4.69) is 4.72 Å². The highest BCUT2D eigenvalue weighted by Gasteiger charge is 2.18. The van der Waals surface area contributed by atoms with Gasteiger partial charge in [0.25, 0.3) is 0 Å². The molecule has 0 aliphatic heterocycles. The lowest BCUT2D eigenvalue weighted by molar-refractivity contribution is 0.182. The van der Waals surface area contributed by atoms with Gasteiger partial charge in [0, 0.05) is 6.54 Å². The van der Waals surface area contributed by atoms with Crippen LogP contribution in [0.1, 0.15) is 11.7 Å². The Morgan fingerprint density at radius 2 is 1.89 bits per heavy atom. The Morgan fingerprint density at radius 3 is 2.48 bits per heavy atom. The molecular formula is C19H18ClNO4S2. The number of aliphatic hydroxyl groups is 1. The molecule has 3 aromatic rings. The Morgan fingerprint density at radius 1 is 1.15 bits per heavy atom. The largest absolute Gasteiger partial charge is 0.495 e. The van der Waals surface area contributed by atoms with Gasteiger partial charge in [0.2, 0.25) is 10.0 Å². The van der Waals surface area contributed by atoms with E-state index in [-0.39, 0.29) is 16.5 Å². The number of halogens is 1. The summed E-state index contributed by atoms with van der Waals surface area (Å²) in [7, 11) is -2.35. The minimum Gasteiger partial charge on any atom is -0.495 e. The molecule has 142 valence electrons. The number of sulfonamides is 1. The predicted octanol–water partition coefficient (Wildman–Crippen LogP) is 4.09. The number of methoxy groups -OCH3 is 1. The number of benzene rings is 2. The van der Waals surface area contributed by atoms with Gasteiger partial charge in [-0.3, -0.25) is 0 Å². The van der Waals surface area contributed by atoms with Crippen molar-refractivity contribution in [2.24, 2.45) is 0 Å². The molecule has 0 amide bonds. The fourth-order valence-electron chi connectivity index (χ4n) is 2.53. The van der Waals surface area contributed by atoms with Gasteiger partial charge in [-0.2, -0.15) is 11.3 Å². The average molecular weight is 424 g/mol. The van der Waals surface area contributed by atoms with Gasteiger partial charge in [0.1, 0.15) is 5.75 Å². The van der Waals surface area contributed by atoms with E-state index in [9.17, 15) is 13.5 Å². The number of hydrogen-bond donors (Lipinski definition) is 2. The molecule has 3 rings (SSSR count). The normalized spacial score (nSPS) is 12.7. The van der Waals surface area contributed by atoms with Crippen molar-refractivity contribution in [1.82, 2.24) is 4.72 Å². The van der Waals surface area contributed by atoms with E-state index in [1.165, 1.54) is 25.3 Å². The standard InChI is InChI=1S/C19H18ClNO4S2/c1-25-19-7-6-16(10-17(19)20)27(23,24)21-11-18(22)14-4-2-13(3-5-14)15-8-9-26-12-15/h2-10,12,18,21-22H,11H2,1H3. The molecule has 2 aromatic carbocycles. The third-order valence-electron chi connectivity index (χ3n) is 4.05. The van der Waals surface area contributed by atoms with Gasteiger partial charge in [0.05, 0.1) is 23.1 Å². The van der Waals surface area contributed by atoms with Crippen molar-refractivity contribution in [3.63, 3.8) is 0 Å². The molecule has 0 aliphatic carbocycles. The molecule has 27 heavy (non-hydrogen) atoms. The second-order valence-corrected chi connectivity index (χ2v) is 8.75. The molecular weight excluding hydrogens is 406 g/mol. The highest BCUT2D eigenvalue weighted by atomic mass is 35.5. The predicted molar refractivity (Wildman–Crippen MR) is 108 cm³/mol. The lowest BCUT2D eigenvalue weighted by atomic mass is 10.0. The van der Waals surface area contributed by atoms with Crippen LogP contribution in [0.3, 0.4) is 0 Å². The SMILES string of the molecule is COc1ccc(S(=O)(=O)NCC(O)c2ccc(-c3ccsc3)cc2)cc1Cl. The fourth-order valence-corrected chi connectivity index (χ4v) is 4.58. The monoisotopic (exact) mass is 423 g/mol. The molecule has 1 aromatic heterocycles. The van der Waals surface area contributed by atoms with Crippen LogP contribution >= 0.6 is 22.9 Å². The van der Waals surface area contributed by atoms with E-state index in [1.54, 1.807) is 23.5 Å². The lowest BCUT2D eigenvalue weighted by Gasteiger charge is -2.14. The number of rotatable bonds is 7. The highest BCUT2D eigenvalue weighted by molar-refractivity contribution is 7.89. The molecule has 0 saturated heterocycles. The minimum absolute atomic E-state index is 0.00769. The van der Waals surface area contributed by atoms with E-state index >= 15 is 0 Å². The quantitative estimate of drug-likeness (QED) is 0.600. The summed E-state index contributed by atoms with van der Waals surface area (Å²) < 4.78 is 32.2. The van der Waals surface area contributed by atoms with E-state index in [0.717, 1.165) is 11.1 Å². The summed E-state index contributed by atoms with van der Waals surface area (Å²) in [6.07, 6.45) is -0.968. The molecule has 5 nitrogen and oxygen atoms in total. The smallest absolute Gasteiger partial charge is 0.240 e. The third kappa shape index (κ3) is 4.69. The zero-order chi connectivity index (χ0) is 19.4. The number of thiophene rings is 1. The molecule has 0 aliphatic rings. The summed E-state index contributed by atoms with van der Waals surface area (Å²) in [4.78, 5) is 0.00769. The Labute approximate surface area is 167 Å². The molecule has 8 heteroatoms. The Balaban J connectivity index is 1.67. The first-order chi connectivity index (χ1) is 12.9. The topological polar surface area (TPSA) is 75.6 Å². The van der Waals surface area contributed by atoms with E-state index in [1.807, 2.05) is 29.0 Å². The summed E-state index contributed by atoms with van der Waals surface area (Å²) in [6.45, 7) is -0.149. The van der Waals surface area contributed by atoms with Gasteiger partial charge in [-0.15, -0.1) is 0 Å². The Kier molecular flexibility index (Phi) is 6.18. The van der Waals surface area contributed by atoms with Gasteiger partial charge in [-0.1, -0.05) is 35.9 Å². The number of nitrogens with one attached hydrogen (secondary N) is 1. The summed E-state index contributed by atoms with van der Waals surface area (Å²) in [6, 6.07) is 13.6. The van der Waals surface area contributed by atoms with E-state index in [0.29, 0.717) is 11.3 Å². The maximum Gasteiger partial charge on any atom is 0.240 e. The van der Waals surface area contributed by atoms with Crippen molar-refractivity contribution in [2.75, 3.05) is 13.7 Å². The molecule has 0 saturated carbocycles. The average Bonchev–Trinajstić information content (AvgIpc) is 3.21. The van der Waals surface area contributed by atoms with Crippen LogP contribution in [-0.2, 0) is 10.0 Å². The second-order valence-electron chi connectivity index (χ2n) is 5.80. The zero-order valence-corrected chi connectivity index (χ0v) is 16.8. The molecule has 1 heterocycles. The van der Waals surface area contributed by atoms with Crippen molar-refractivity contribution < 1.29 is 18.3 Å². The zero-order valence-electron chi connectivity index (χ0n) is 14.4. The molecule has 1 atom stereocenters. The van der Waals surface area contributed by atoms with Crippen molar-refractivity contribution in [3.8, 4) is 16.9 Å². The van der Waals surface area contributed by atoms with Crippen LogP contribution in [0.15, 0.2) is 64.2 Å². The van der Waals surface area contributed by atoms with E-state index < -0.39 is 16.1 Å². The minimum atomic E-state index is -3.80. The van der Waals surface area contributed by atoms with Crippen molar-refractivity contribution in [3.05, 3.63) is 69.9 Å². The maximum atomic E-state index is 12.4. The Bertz CT molecular complexity index is 1000. The first-order valence-electron chi connectivity index (χ1n) is 8.04. The maximum absolute atomic E-state index is 12.4. The molecule has 0 radical (unpaired) electrons. The molecule has 0 bridgehead atoms. The van der Waals surface area contributed by atoms with Crippen LogP contribution < -0.4 is 9.46 Å². The molecule has 0 fully saturated rings. The number of aliphatic hydroxyl groups excluding tert-OH is 1. The molecule has 0 spiro atoms. The first kappa shape index (κ1) is 19.9. The molecule has 1 unspecified atom stereocenters. The second kappa shape index (κ2) is 8.41.